The highest BCUT2D eigenvalue weighted by Gasteiger charge is 2.17. The van der Waals surface area contributed by atoms with Crippen molar-refractivity contribution in [2.75, 3.05) is 7.11 Å². The van der Waals surface area contributed by atoms with Gasteiger partial charge < -0.3 is 9.30 Å². The minimum Gasteiger partial charge on any atom is -0.467 e. The first kappa shape index (κ1) is 13.6. The quantitative estimate of drug-likeness (QED) is 0.857. The summed E-state index contributed by atoms with van der Waals surface area (Å²) in [6, 6.07) is 0.197. The van der Waals surface area contributed by atoms with Gasteiger partial charge in [-0.25, -0.2) is 0 Å². The summed E-state index contributed by atoms with van der Waals surface area (Å²) in [7, 11) is 1.49. The summed E-state index contributed by atoms with van der Waals surface area (Å²) in [5.74, 6) is 1.03. The summed E-state index contributed by atoms with van der Waals surface area (Å²) in [5.41, 5.74) is 0. The average Bonchev–Trinajstić information content (AvgIpc) is 2.67. The van der Waals surface area contributed by atoms with E-state index in [1.807, 2.05) is 0 Å². The monoisotopic (exact) mass is 312 g/mol. The Kier molecular flexibility index (Phi) is 4.02. The summed E-state index contributed by atoms with van der Waals surface area (Å²) in [6.07, 6.45) is 4.49. The van der Waals surface area contributed by atoms with Crippen molar-refractivity contribution in [2.45, 2.75) is 42.5 Å². The van der Waals surface area contributed by atoms with E-state index in [-0.39, 0.29) is 11.3 Å². The van der Waals surface area contributed by atoms with Gasteiger partial charge in [-0.3, -0.25) is 0 Å². The zero-order chi connectivity index (χ0) is 13.9. The molecule has 2 aromatic heterocycles. The molecule has 2 aromatic rings. The smallest absolute Gasteiger partial charge is 0.321 e. The first-order chi connectivity index (χ1) is 9.76. The van der Waals surface area contributed by atoms with Gasteiger partial charge in [0.15, 0.2) is 5.16 Å². The number of methoxy groups -OCH3 is 1. The van der Waals surface area contributed by atoms with Crippen molar-refractivity contribution in [3.63, 3.8) is 0 Å². The average molecular weight is 313 g/mol. The van der Waals surface area contributed by atoms with E-state index in [0.717, 1.165) is 36.8 Å². The van der Waals surface area contributed by atoms with E-state index in [1.165, 1.54) is 25.3 Å². The van der Waals surface area contributed by atoms with Crippen LogP contribution in [-0.4, -0.2) is 36.8 Å². The molecule has 0 atom stereocenters. The Balaban J connectivity index is 1.88. The number of ether oxygens (including phenoxy) is 1. The predicted octanol–water partition coefficient (Wildman–Crippen LogP) is 2.00. The lowest BCUT2D eigenvalue weighted by Gasteiger charge is -2.06. The molecule has 7 nitrogen and oxygen atoms in total. The Bertz CT molecular complexity index is 619. The molecule has 106 valence electrons. The maximum Gasteiger partial charge on any atom is 0.321 e. The number of aryl methyl sites for hydroxylation is 1. The number of nitrogens with zero attached hydrogens (tertiary/aromatic N) is 6. The van der Waals surface area contributed by atoms with Crippen LogP contribution in [0.1, 0.15) is 25.1 Å². The van der Waals surface area contributed by atoms with Crippen LogP contribution in [0.3, 0.4) is 0 Å². The Morgan fingerprint density at radius 3 is 2.90 bits per heavy atom. The van der Waals surface area contributed by atoms with Gasteiger partial charge in [0.2, 0.25) is 10.4 Å². The number of halogens is 1. The lowest BCUT2D eigenvalue weighted by Crippen LogP contribution is -2.03. The van der Waals surface area contributed by atoms with Gasteiger partial charge in [0, 0.05) is 13.0 Å². The van der Waals surface area contributed by atoms with E-state index in [4.69, 9.17) is 16.3 Å². The topological polar surface area (TPSA) is 78.6 Å². The fourth-order valence-corrected chi connectivity index (χ4v) is 3.08. The van der Waals surface area contributed by atoms with Gasteiger partial charge in [0.1, 0.15) is 5.82 Å². The molecule has 0 aromatic carbocycles. The summed E-state index contributed by atoms with van der Waals surface area (Å²) in [6.45, 7) is 0.931. The number of rotatable bonds is 3. The molecule has 0 saturated carbocycles. The second kappa shape index (κ2) is 5.92. The van der Waals surface area contributed by atoms with Gasteiger partial charge >= 0.3 is 6.01 Å². The number of fused-ring (bicyclic) bond motifs is 1. The van der Waals surface area contributed by atoms with Crippen LogP contribution in [0.15, 0.2) is 10.3 Å². The van der Waals surface area contributed by atoms with Crippen molar-refractivity contribution < 1.29 is 4.74 Å². The van der Waals surface area contributed by atoms with E-state index in [0.29, 0.717) is 5.16 Å². The molecule has 1 aliphatic rings. The Morgan fingerprint density at radius 1 is 1.15 bits per heavy atom. The Hall–Kier alpha value is -1.41. The minimum atomic E-state index is 0.106. The van der Waals surface area contributed by atoms with Gasteiger partial charge in [0.05, 0.1) is 7.11 Å². The third-order valence-corrected chi connectivity index (χ3v) is 4.03. The first-order valence-corrected chi connectivity index (χ1v) is 7.51. The van der Waals surface area contributed by atoms with Gasteiger partial charge in [-0.15, -0.1) is 10.2 Å². The molecule has 0 aliphatic carbocycles. The van der Waals surface area contributed by atoms with E-state index in [9.17, 15) is 0 Å². The molecule has 0 unspecified atom stereocenters. The fourth-order valence-electron chi connectivity index (χ4n) is 2.07. The predicted molar refractivity (Wildman–Crippen MR) is 73.1 cm³/mol. The van der Waals surface area contributed by atoms with Gasteiger partial charge in [0.25, 0.3) is 0 Å². The zero-order valence-electron chi connectivity index (χ0n) is 10.9. The van der Waals surface area contributed by atoms with Crippen LogP contribution >= 0.6 is 23.4 Å². The lowest BCUT2D eigenvalue weighted by molar-refractivity contribution is 0.373. The van der Waals surface area contributed by atoms with Crippen molar-refractivity contribution in [2.24, 2.45) is 0 Å². The summed E-state index contributed by atoms with van der Waals surface area (Å²) >= 11 is 7.16. The summed E-state index contributed by atoms with van der Waals surface area (Å²) in [4.78, 5) is 12.1. The molecule has 3 rings (SSSR count). The van der Waals surface area contributed by atoms with E-state index >= 15 is 0 Å². The van der Waals surface area contributed by atoms with Crippen LogP contribution in [-0.2, 0) is 13.0 Å². The molecule has 0 radical (unpaired) electrons. The van der Waals surface area contributed by atoms with Crippen molar-refractivity contribution in [3.05, 3.63) is 11.1 Å². The van der Waals surface area contributed by atoms with Crippen LogP contribution in [0.2, 0.25) is 5.28 Å². The summed E-state index contributed by atoms with van der Waals surface area (Å²) < 4.78 is 7.11. The SMILES string of the molecule is COc1nc(Cl)nc(Sc2nnc3n2CCCCC3)n1. The maximum absolute atomic E-state index is 5.84. The maximum atomic E-state index is 5.84. The number of aromatic nitrogens is 6. The largest absolute Gasteiger partial charge is 0.467 e. The van der Waals surface area contributed by atoms with E-state index in [1.54, 1.807) is 0 Å². The van der Waals surface area contributed by atoms with Crippen molar-refractivity contribution in [1.82, 2.24) is 29.7 Å². The highest BCUT2D eigenvalue weighted by molar-refractivity contribution is 7.99. The van der Waals surface area contributed by atoms with Gasteiger partial charge in [-0.1, -0.05) is 6.42 Å². The second-order valence-electron chi connectivity index (χ2n) is 4.34. The Labute approximate surface area is 125 Å². The second-order valence-corrected chi connectivity index (χ2v) is 5.61. The van der Waals surface area contributed by atoms with Crippen molar-refractivity contribution in [3.8, 4) is 6.01 Å². The molecular formula is C11H13ClN6OS. The molecule has 1 aliphatic heterocycles. The minimum absolute atomic E-state index is 0.106. The first-order valence-electron chi connectivity index (χ1n) is 6.32. The number of hydrogen-bond acceptors (Lipinski definition) is 7. The van der Waals surface area contributed by atoms with Crippen LogP contribution < -0.4 is 4.74 Å². The standard InChI is InChI=1S/C11H13ClN6OS/c1-19-9-13-8(12)14-10(15-9)20-11-17-16-7-5-3-2-4-6-18(7)11/h2-6H2,1H3. The Morgan fingerprint density at radius 2 is 2.05 bits per heavy atom. The molecule has 9 heteroatoms. The van der Waals surface area contributed by atoms with Crippen LogP contribution in [0.5, 0.6) is 6.01 Å². The molecule has 0 N–H and O–H groups in total. The zero-order valence-corrected chi connectivity index (χ0v) is 12.5. The van der Waals surface area contributed by atoms with Crippen molar-refractivity contribution in [1.29, 1.82) is 0 Å². The van der Waals surface area contributed by atoms with E-state index in [2.05, 4.69) is 29.7 Å². The normalized spacial score (nSPS) is 14.7. The molecule has 0 bridgehead atoms. The molecule has 20 heavy (non-hydrogen) atoms. The number of hydrogen-bond donors (Lipinski definition) is 0. The molecular weight excluding hydrogens is 300 g/mol. The van der Waals surface area contributed by atoms with Crippen LogP contribution in [0.25, 0.3) is 0 Å². The highest BCUT2D eigenvalue weighted by Crippen LogP contribution is 2.27. The third kappa shape index (κ3) is 2.85. The van der Waals surface area contributed by atoms with Gasteiger partial charge in [-0.2, -0.15) is 15.0 Å². The fraction of sp³-hybridized carbons (Fsp3) is 0.545. The molecule has 0 saturated heterocycles. The lowest BCUT2D eigenvalue weighted by atomic mass is 10.2. The molecule has 0 fully saturated rings. The molecule has 0 amide bonds. The van der Waals surface area contributed by atoms with Crippen LogP contribution in [0.4, 0.5) is 0 Å². The molecule has 0 spiro atoms. The van der Waals surface area contributed by atoms with Crippen LogP contribution in [0, 0.1) is 0 Å². The van der Waals surface area contributed by atoms with E-state index < -0.39 is 0 Å². The highest BCUT2D eigenvalue weighted by atomic mass is 35.5. The molecule has 3 heterocycles. The van der Waals surface area contributed by atoms with Gasteiger partial charge in [-0.05, 0) is 36.2 Å². The third-order valence-electron chi connectivity index (χ3n) is 3.01. The van der Waals surface area contributed by atoms with Crippen molar-refractivity contribution >= 4 is 23.4 Å². The summed E-state index contributed by atoms with van der Waals surface area (Å²) in [5, 5.41) is 9.80.